The summed E-state index contributed by atoms with van der Waals surface area (Å²) in [5.41, 5.74) is 8.38. The minimum atomic E-state index is -0.120. The molecule has 2 aliphatic rings. The van der Waals surface area contributed by atoms with Crippen LogP contribution in [-0.4, -0.2) is 18.6 Å². The molecule has 1 aromatic rings. The van der Waals surface area contributed by atoms with Gasteiger partial charge in [0.1, 0.15) is 5.82 Å². The molecule has 1 aromatic carbocycles. The number of benzene rings is 1. The van der Waals surface area contributed by atoms with E-state index in [9.17, 15) is 4.39 Å². The van der Waals surface area contributed by atoms with E-state index >= 15 is 0 Å². The lowest BCUT2D eigenvalue weighted by molar-refractivity contribution is 0.383. The average Bonchev–Trinajstić information content (AvgIpc) is 2.28. The predicted molar refractivity (Wildman–Crippen MR) is 63.1 cm³/mol. The molecular formula is C13H17FN2. The highest BCUT2D eigenvalue weighted by Gasteiger charge is 2.31. The Kier molecular flexibility index (Phi) is 2.36. The zero-order chi connectivity index (χ0) is 11.1. The van der Waals surface area contributed by atoms with Crippen molar-refractivity contribution in [2.75, 3.05) is 11.4 Å². The smallest absolute Gasteiger partial charge is 0.123 e. The molecule has 0 aliphatic carbocycles. The molecule has 3 heteroatoms. The largest absolute Gasteiger partial charge is 0.368 e. The molecule has 2 aliphatic heterocycles. The van der Waals surface area contributed by atoms with Crippen LogP contribution in [0.2, 0.25) is 0 Å². The molecule has 16 heavy (non-hydrogen) atoms. The van der Waals surface area contributed by atoms with E-state index in [0.29, 0.717) is 12.1 Å². The summed E-state index contributed by atoms with van der Waals surface area (Å²) in [6, 6.07) is 6.09. The normalized spacial score (nSPS) is 28.5. The molecule has 0 aromatic heterocycles. The van der Waals surface area contributed by atoms with Gasteiger partial charge in [-0.25, -0.2) is 4.39 Å². The molecule has 2 N–H and O–H groups in total. The Labute approximate surface area is 95.2 Å². The predicted octanol–water partition coefficient (Wildman–Crippen LogP) is 2.07. The van der Waals surface area contributed by atoms with Crippen molar-refractivity contribution in [3.05, 3.63) is 29.6 Å². The maximum atomic E-state index is 13.1. The average molecular weight is 220 g/mol. The molecule has 0 bridgehead atoms. The van der Waals surface area contributed by atoms with Crippen LogP contribution in [0, 0.1) is 5.82 Å². The van der Waals surface area contributed by atoms with Crippen molar-refractivity contribution in [2.24, 2.45) is 5.73 Å². The van der Waals surface area contributed by atoms with E-state index in [1.54, 1.807) is 12.1 Å². The van der Waals surface area contributed by atoms with Crippen molar-refractivity contribution in [3.8, 4) is 0 Å². The lowest BCUT2D eigenvalue weighted by Gasteiger charge is -2.44. The number of fused-ring (bicyclic) bond motifs is 3. The number of hydrogen-bond donors (Lipinski definition) is 1. The minimum absolute atomic E-state index is 0.120. The number of nitrogens with two attached hydrogens (primary N) is 1. The summed E-state index contributed by atoms with van der Waals surface area (Å²) in [6.07, 6.45) is 4.23. The first-order chi connectivity index (χ1) is 7.74. The lowest BCUT2D eigenvalue weighted by atomic mass is 9.87. The van der Waals surface area contributed by atoms with Crippen molar-refractivity contribution < 1.29 is 4.39 Å². The standard InChI is InChI=1S/C13H17FN2/c14-10-2-4-13-9(7-10)1-3-12-8-11(15)5-6-16(12)13/h2,4,7,11-12H,1,3,5-6,8,15H2. The molecule has 2 nitrogen and oxygen atoms in total. The van der Waals surface area contributed by atoms with Gasteiger partial charge in [-0.2, -0.15) is 0 Å². The van der Waals surface area contributed by atoms with Gasteiger partial charge in [0.2, 0.25) is 0 Å². The van der Waals surface area contributed by atoms with Gasteiger partial charge in [-0.15, -0.1) is 0 Å². The summed E-state index contributed by atoms with van der Waals surface area (Å²) in [7, 11) is 0. The second-order valence-electron chi connectivity index (χ2n) is 4.94. The highest BCUT2D eigenvalue weighted by Crippen LogP contribution is 2.35. The summed E-state index contributed by atoms with van der Waals surface area (Å²) in [4.78, 5) is 2.42. The Morgan fingerprint density at radius 1 is 1.31 bits per heavy atom. The molecular weight excluding hydrogens is 203 g/mol. The summed E-state index contributed by atoms with van der Waals surface area (Å²) in [5, 5.41) is 0. The molecule has 1 saturated heterocycles. The molecule has 0 spiro atoms. The van der Waals surface area contributed by atoms with Crippen LogP contribution >= 0.6 is 0 Å². The fraction of sp³-hybridized carbons (Fsp3) is 0.538. The van der Waals surface area contributed by atoms with Crippen LogP contribution in [0.25, 0.3) is 0 Å². The zero-order valence-corrected chi connectivity index (χ0v) is 9.32. The highest BCUT2D eigenvalue weighted by molar-refractivity contribution is 5.57. The molecule has 0 radical (unpaired) electrons. The summed E-state index contributed by atoms with van der Waals surface area (Å²) < 4.78 is 13.1. The van der Waals surface area contributed by atoms with Crippen molar-refractivity contribution in [1.29, 1.82) is 0 Å². The van der Waals surface area contributed by atoms with Gasteiger partial charge in [0.15, 0.2) is 0 Å². The molecule has 2 atom stereocenters. The topological polar surface area (TPSA) is 29.3 Å². The maximum Gasteiger partial charge on any atom is 0.123 e. The third-order valence-electron chi connectivity index (χ3n) is 3.85. The SMILES string of the molecule is NC1CCN2c3ccc(F)cc3CCC2C1. The van der Waals surface area contributed by atoms with E-state index in [4.69, 9.17) is 5.73 Å². The number of hydrogen-bond acceptors (Lipinski definition) is 2. The van der Waals surface area contributed by atoms with Crippen molar-refractivity contribution >= 4 is 5.69 Å². The number of halogens is 1. The molecule has 3 rings (SSSR count). The Balaban J connectivity index is 1.94. The number of aryl methyl sites for hydroxylation is 1. The molecule has 0 saturated carbocycles. The van der Waals surface area contributed by atoms with Crippen molar-refractivity contribution in [3.63, 3.8) is 0 Å². The van der Waals surface area contributed by atoms with Crippen LogP contribution in [0.4, 0.5) is 10.1 Å². The van der Waals surface area contributed by atoms with Gasteiger partial charge < -0.3 is 10.6 Å². The van der Waals surface area contributed by atoms with E-state index in [1.165, 1.54) is 5.69 Å². The van der Waals surface area contributed by atoms with Crippen molar-refractivity contribution in [1.82, 2.24) is 0 Å². The van der Waals surface area contributed by atoms with Crippen LogP contribution in [0.15, 0.2) is 18.2 Å². The first kappa shape index (κ1) is 10.1. The second kappa shape index (κ2) is 3.74. The van der Waals surface area contributed by atoms with Crippen LogP contribution in [0.1, 0.15) is 24.8 Å². The van der Waals surface area contributed by atoms with Gasteiger partial charge >= 0.3 is 0 Å². The van der Waals surface area contributed by atoms with Gasteiger partial charge in [-0.1, -0.05) is 0 Å². The van der Waals surface area contributed by atoms with Crippen LogP contribution in [0.3, 0.4) is 0 Å². The van der Waals surface area contributed by atoms with Crippen LogP contribution in [-0.2, 0) is 6.42 Å². The Hall–Kier alpha value is -1.09. The van der Waals surface area contributed by atoms with E-state index in [2.05, 4.69) is 4.90 Å². The number of piperidine rings is 1. The minimum Gasteiger partial charge on any atom is -0.368 e. The van der Waals surface area contributed by atoms with E-state index in [0.717, 1.165) is 37.8 Å². The third-order valence-corrected chi connectivity index (χ3v) is 3.85. The summed E-state index contributed by atoms with van der Waals surface area (Å²) in [6.45, 7) is 1.02. The first-order valence-electron chi connectivity index (χ1n) is 6.04. The van der Waals surface area contributed by atoms with Crippen LogP contribution in [0.5, 0.6) is 0 Å². The van der Waals surface area contributed by atoms with Crippen molar-refractivity contribution in [2.45, 2.75) is 37.8 Å². The Morgan fingerprint density at radius 2 is 2.19 bits per heavy atom. The second-order valence-corrected chi connectivity index (χ2v) is 4.94. The quantitative estimate of drug-likeness (QED) is 0.725. The molecule has 2 heterocycles. The maximum absolute atomic E-state index is 13.1. The fourth-order valence-electron chi connectivity index (χ4n) is 3.03. The molecule has 2 unspecified atom stereocenters. The van der Waals surface area contributed by atoms with Gasteiger partial charge in [0, 0.05) is 24.3 Å². The zero-order valence-electron chi connectivity index (χ0n) is 9.32. The highest BCUT2D eigenvalue weighted by atomic mass is 19.1. The number of anilines is 1. The fourth-order valence-corrected chi connectivity index (χ4v) is 3.03. The monoisotopic (exact) mass is 220 g/mol. The Bertz CT molecular complexity index is 405. The first-order valence-corrected chi connectivity index (χ1v) is 6.04. The summed E-state index contributed by atoms with van der Waals surface area (Å²) in [5.74, 6) is -0.120. The van der Waals surface area contributed by atoms with Gasteiger partial charge in [-0.3, -0.25) is 0 Å². The Morgan fingerprint density at radius 3 is 3.06 bits per heavy atom. The summed E-state index contributed by atoms with van der Waals surface area (Å²) >= 11 is 0. The third kappa shape index (κ3) is 1.59. The van der Waals surface area contributed by atoms with Gasteiger partial charge in [-0.05, 0) is 49.4 Å². The lowest BCUT2D eigenvalue weighted by Crippen LogP contribution is -2.49. The molecule has 1 fully saturated rings. The number of nitrogens with zero attached hydrogens (tertiary/aromatic N) is 1. The van der Waals surface area contributed by atoms with Crippen LogP contribution < -0.4 is 10.6 Å². The van der Waals surface area contributed by atoms with E-state index in [-0.39, 0.29) is 5.82 Å². The van der Waals surface area contributed by atoms with Gasteiger partial charge in [0.05, 0.1) is 0 Å². The molecule has 0 amide bonds. The number of rotatable bonds is 0. The van der Waals surface area contributed by atoms with E-state index < -0.39 is 0 Å². The van der Waals surface area contributed by atoms with E-state index in [1.807, 2.05) is 6.07 Å². The van der Waals surface area contributed by atoms with Gasteiger partial charge in [0.25, 0.3) is 0 Å². The molecule has 86 valence electrons.